The molecule has 0 saturated heterocycles. The van der Waals surface area contributed by atoms with Crippen LogP contribution in [0.15, 0.2) is 23.4 Å². The van der Waals surface area contributed by atoms with Crippen molar-refractivity contribution >= 4 is 10.0 Å². The number of pyridine rings is 1. The molecule has 0 saturated carbocycles. The van der Waals surface area contributed by atoms with Gasteiger partial charge in [-0.1, -0.05) is 6.07 Å². The molecule has 0 aliphatic carbocycles. The van der Waals surface area contributed by atoms with Crippen LogP contribution in [0.1, 0.15) is 19.4 Å². The summed E-state index contributed by atoms with van der Waals surface area (Å²) in [4.78, 5) is 3.97. The van der Waals surface area contributed by atoms with Crippen LogP contribution in [0.3, 0.4) is 0 Å². The summed E-state index contributed by atoms with van der Waals surface area (Å²) in [5.41, 5.74) is 0.934. The Morgan fingerprint density at radius 1 is 1.42 bits per heavy atom. The maximum Gasteiger partial charge on any atom is 0.258 e. The maximum absolute atomic E-state index is 12.0. The van der Waals surface area contributed by atoms with Crippen LogP contribution >= 0.6 is 0 Å². The topological polar surface area (TPSA) is 80.3 Å². The number of rotatable bonds is 8. The molecule has 0 fully saturated rings. The van der Waals surface area contributed by atoms with E-state index in [1.807, 2.05) is 14.0 Å². The van der Waals surface area contributed by atoms with E-state index in [0.29, 0.717) is 19.8 Å². The second-order valence-corrected chi connectivity index (χ2v) is 5.88. The lowest BCUT2D eigenvalue weighted by Crippen LogP contribution is -2.36. The fraction of sp³-hybridized carbons (Fsp3) is 0.583. The Hall–Kier alpha value is -1.02. The van der Waals surface area contributed by atoms with Crippen molar-refractivity contribution in [1.29, 1.82) is 0 Å². The Morgan fingerprint density at radius 2 is 2.16 bits per heavy atom. The van der Waals surface area contributed by atoms with Gasteiger partial charge in [0.2, 0.25) is 0 Å². The zero-order valence-electron chi connectivity index (χ0n) is 11.5. The average molecular weight is 287 g/mol. The number of nitrogens with one attached hydrogen (secondary N) is 2. The van der Waals surface area contributed by atoms with Crippen molar-refractivity contribution in [3.8, 4) is 0 Å². The molecule has 0 spiro atoms. The number of hydrogen-bond donors (Lipinski definition) is 2. The lowest BCUT2D eigenvalue weighted by Gasteiger charge is -2.13. The van der Waals surface area contributed by atoms with Gasteiger partial charge >= 0.3 is 0 Å². The number of hydrogen-bond acceptors (Lipinski definition) is 5. The van der Waals surface area contributed by atoms with Crippen LogP contribution in [0.2, 0.25) is 0 Å². The summed E-state index contributed by atoms with van der Waals surface area (Å²) in [6.45, 7) is 5.17. The molecule has 0 radical (unpaired) electrons. The van der Waals surface area contributed by atoms with Crippen molar-refractivity contribution < 1.29 is 13.2 Å². The van der Waals surface area contributed by atoms with Gasteiger partial charge in [0.1, 0.15) is 0 Å². The van der Waals surface area contributed by atoms with Crippen molar-refractivity contribution in [2.45, 2.75) is 31.5 Å². The third-order valence-electron chi connectivity index (χ3n) is 2.38. The summed E-state index contributed by atoms with van der Waals surface area (Å²) >= 11 is 0. The van der Waals surface area contributed by atoms with Gasteiger partial charge in [-0.25, -0.2) is 18.1 Å². The van der Waals surface area contributed by atoms with Crippen molar-refractivity contribution in [1.82, 2.24) is 15.0 Å². The first-order valence-electron chi connectivity index (χ1n) is 6.19. The van der Waals surface area contributed by atoms with Gasteiger partial charge in [0.05, 0.1) is 6.61 Å². The third kappa shape index (κ3) is 5.23. The molecule has 0 aliphatic rings. The minimum absolute atomic E-state index is 0.0238. The van der Waals surface area contributed by atoms with Crippen LogP contribution in [0, 0.1) is 0 Å². The molecule has 0 bridgehead atoms. The summed E-state index contributed by atoms with van der Waals surface area (Å²) in [7, 11) is -1.76. The molecular formula is C12H21N3O3S. The van der Waals surface area contributed by atoms with Gasteiger partial charge in [-0.2, -0.15) is 0 Å². The summed E-state index contributed by atoms with van der Waals surface area (Å²) < 4.78 is 31.8. The molecule has 0 amide bonds. The highest BCUT2D eigenvalue weighted by Crippen LogP contribution is 2.07. The highest BCUT2D eigenvalue weighted by atomic mass is 32.2. The predicted octanol–water partition coefficient (Wildman–Crippen LogP) is 0.504. The normalized spacial score (nSPS) is 13.4. The van der Waals surface area contributed by atoms with Gasteiger partial charge in [0.15, 0.2) is 5.03 Å². The van der Waals surface area contributed by atoms with E-state index in [0.717, 1.165) is 5.56 Å². The van der Waals surface area contributed by atoms with E-state index in [9.17, 15) is 8.42 Å². The van der Waals surface area contributed by atoms with Crippen LogP contribution in [0.4, 0.5) is 0 Å². The van der Waals surface area contributed by atoms with Crippen molar-refractivity contribution in [2.75, 3.05) is 20.3 Å². The molecule has 1 heterocycles. The summed E-state index contributed by atoms with van der Waals surface area (Å²) in [5, 5.41) is 3.00. The number of ether oxygens (including phenoxy) is 1. The first-order valence-corrected chi connectivity index (χ1v) is 7.67. The first-order chi connectivity index (χ1) is 8.99. The highest BCUT2D eigenvalue weighted by molar-refractivity contribution is 7.89. The predicted molar refractivity (Wildman–Crippen MR) is 73.3 cm³/mol. The Bertz CT molecular complexity index is 473. The standard InChI is InChI=1S/C12H21N3O3S/c1-4-18-9-10(2)15-19(16,17)12-6-5-11(7-13-3)8-14-12/h5-6,8,10,13,15H,4,7,9H2,1-3H3. The molecule has 2 N–H and O–H groups in total. The third-order valence-corrected chi connectivity index (χ3v) is 3.89. The summed E-state index contributed by atoms with van der Waals surface area (Å²) in [6.07, 6.45) is 1.55. The van der Waals surface area contributed by atoms with Crippen LogP contribution in [-0.2, 0) is 21.3 Å². The quantitative estimate of drug-likeness (QED) is 0.728. The van der Waals surface area contributed by atoms with Gasteiger partial charge in [-0.3, -0.25) is 0 Å². The molecule has 1 aromatic rings. The van der Waals surface area contributed by atoms with Crippen molar-refractivity contribution in [3.05, 3.63) is 23.9 Å². The molecule has 6 nitrogen and oxygen atoms in total. The minimum atomic E-state index is -3.58. The fourth-order valence-corrected chi connectivity index (χ4v) is 2.69. The van der Waals surface area contributed by atoms with E-state index in [2.05, 4.69) is 15.0 Å². The molecule has 108 valence electrons. The fourth-order valence-electron chi connectivity index (χ4n) is 1.53. The molecule has 0 aliphatic heterocycles. The van der Waals surface area contributed by atoms with E-state index < -0.39 is 10.0 Å². The SMILES string of the molecule is CCOCC(C)NS(=O)(=O)c1ccc(CNC)cn1. The Labute approximate surface area is 114 Å². The minimum Gasteiger partial charge on any atom is -0.380 e. The van der Waals surface area contributed by atoms with Gasteiger partial charge in [0, 0.05) is 25.4 Å². The highest BCUT2D eigenvalue weighted by Gasteiger charge is 2.18. The molecule has 1 atom stereocenters. The smallest absolute Gasteiger partial charge is 0.258 e. The van der Waals surface area contributed by atoms with E-state index in [1.165, 1.54) is 6.07 Å². The maximum atomic E-state index is 12.0. The van der Waals surface area contributed by atoms with E-state index in [-0.39, 0.29) is 11.1 Å². The van der Waals surface area contributed by atoms with Gasteiger partial charge in [-0.15, -0.1) is 0 Å². The zero-order valence-corrected chi connectivity index (χ0v) is 12.3. The van der Waals surface area contributed by atoms with Gasteiger partial charge in [0.25, 0.3) is 10.0 Å². The zero-order chi connectivity index (χ0) is 14.3. The van der Waals surface area contributed by atoms with Crippen LogP contribution < -0.4 is 10.0 Å². The molecule has 1 unspecified atom stereocenters. The molecule has 0 aromatic carbocycles. The van der Waals surface area contributed by atoms with Crippen molar-refractivity contribution in [2.24, 2.45) is 0 Å². The second kappa shape index (κ2) is 7.54. The Kier molecular flexibility index (Phi) is 6.36. The number of nitrogens with zero attached hydrogens (tertiary/aromatic N) is 1. The monoisotopic (exact) mass is 287 g/mol. The van der Waals surface area contributed by atoms with Gasteiger partial charge < -0.3 is 10.1 Å². The lowest BCUT2D eigenvalue weighted by atomic mass is 10.3. The molecule has 1 aromatic heterocycles. The molecule has 7 heteroatoms. The molecule has 19 heavy (non-hydrogen) atoms. The molecular weight excluding hydrogens is 266 g/mol. The largest absolute Gasteiger partial charge is 0.380 e. The van der Waals surface area contributed by atoms with Crippen LogP contribution in [-0.4, -0.2) is 39.7 Å². The average Bonchev–Trinajstić information content (AvgIpc) is 2.37. The van der Waals surface area contributed by atoms with Crippen LogP contribution in [0.25, 0.3) is 0 Å². The van der Waals surface area contributed by atoms with E-state index in [1.54, 1.807) is 19.2 Å². The number of sulfonamides is 1. The van der Waals surface area contributed by atoms with E-state index >= 15 is 0 Å². The van der Waals surface area contributed by atoms with Crippen LogP contribution in [0.5, 0.6) is 0 Å². The van der Waals surface area contributed by atoms with Crippen molar-refractivity contribution in [3.63, 3.8) is 0 Å². The van der Waals surface area contributed by atoms with E-state index in [4.69, 9.17) is 4.74 Å². The molecule has 1 rings (SSSR count). The Morgan fingerprint density at radius 3 is 2.68 bits per heavy atom. The summed E-state index contributed by atoms with van der Waals surface area (Å²) in [6, 6.07) is 2.96. The first kappa shape index (κ1) is 16.0. The number of aromatic nitrogens is 1. The second-order valence-electron chi connectivity index (χ2n) is 4.22. The Balaban J connectivity index is 2.71. The summed E-state index contributed by atoms with van der Waals surface area (Å²) in [5.74, 6) is 0. The van der Waals surface area contributed by atoms with Gasteiger partial charge in [-0.05, 0) is 32.5 Å². The lowest BCUT2D eigenvalue weighted by molar-refractivity contribution is 0.133.